The number of hydrogen-bond acceptors (Lipinski definition) is 5. The van der Waals surface area contributed by atoms with Crippen LogP contribution >= 0.6 is 22.7 Å². The van der Waals surface area contributed by atoms with Crippen molar-refractivity contribution in [1.82, 2.24) is 9.88 Å². The molecule has 21 heavy (non-hydrogen) atoms. The van der Waals surface area contributed by atoms with Crippen LogP contribution in [0.4, 0.5) is 0 Å². The number of nitrogens with zero attached hydrogens (tertiary/aromatic N) is 2. The van der Waals surface area contributed by atoms with Crippen LogP contribution in [0.25, 0.3) is 10.1 Å². The molecule has 3 nitrogen and oxygen atoms in total. The summed E-state index contributed by atoms with van der Waals surface area (Å²) in [5.74, 6) is 0.0439. The van der Waals surface area contributed by atoms with E-state index in [9.17, 15) is 4.79 Å². The van der Waals surface area contributed by atoms with Gasteiger partial charge < -0.3 is 4.90 Å². The zero-order valence-electron chi connectivity index (χ0n) is 12.0. The van der Waals surface area contributed by atoms with Crippen LogP contribution in [0.3, 0.4) is 0 Å². The lowest BCUT2D eigenvalue weighted by molar-refractivity contribution is 0.103. The van der Waals surface area contributed by atoms with Gasteiger partial charge in [-0.3, -0.25) is 4.79 Å². The molecule has 0 saturated heterocycles. The van der Waals surface area contributed by atoms with E-state index < -0.39 is 0 Å². The number of hydrogen-bond donors (Lipinski definition) is 0. The fraction of sp³-hybridized carbons (Fsp3) is 0.250. The monoisotopic (exact) mass is 316 g/mol. The summed E-state index contributed by atoms with van der Waals surface area (Å²) in [6.45, 7) is 0.935. The number of fused-ring (bicyclic) bond motifs is 1. The minimum absolute atomic E-state index is 0.0439. The molecule has 0 bridgehead atoms. The first-order chi connectivity index (χ1) is 10.2. The molecule has 0 N–H and O–H groups in total. The Morgan fingerprint density at radius 3 is 2.81 bits per heavy atom. The highest BCUT2D eigenvalue weighted by atomic mass is 32.1. The Balaban J connectivity index is 2.09. The van der Waals surface area contributed by atoms with Gasteiger partial charge in [-0.2, -0.15) is 0 Å². The fourth-order valence-corrected chi connectivity index (χ4v) is 4.02. The van der Waals surface area contributed by atoms with Crippen molar-refractivity contribution in [3.8, 4) is 0 Å². The van der Waals surface area contributed by atoms with Crippen LogP contribution in [0.15, 0.2) is 35.2 Å². The second-order valence-electron chi connectivity index (χ2n) is 5.15. The Morgan fingerprint density at radius 1 is 1.29 bits per heavy atom. The molecule has 0 atom stereocenters. The van der Waals surface area contributed by atoms with E-state index in [1.807, 2.05) is 23.6 Å². The maximum absolute atomic E-state index is 12.8. The average molecular weight is 316 g/mol. The fourth-order valence-electron chi connectivity index (χ4n) is 2.30. The molecule has 3 aromatic rings. The zero-order chi connectivity index (χ0) is 14.8. The molecule has 5 heteroatoms. The van der Waals surface area contributed by atoms with Gasteiger partial charge in [0.15, 0.2) is 0 Å². The zero-order valence-corrected chi connectivity index (χ0v) is 13.6. The Kier molecular flexibility index (Phi) is 4.14. The minimum atomic E-state index is 0.0439. The molecule has 0 aliphatic heterocycles. The standard InChI is InChI=1S/C16H16N2OS2/c1-18(2)8-7-14-15(16(19)12-9-20-10-17-12)11-5-3-4-6-13(11)21-14/h3-6,9-10H,7-8H2,1-2H3. The smallest absolute Gasteiger partial charge is 0.213 e. The number of benzene rings is 1. The molecule has 2 aromatic heterocycles. The van der Waals surface area contributed by atoms with Gasteiger partial charge in [-0.15, -0.1) is 22.7 Å². The number of aromatic nitrogens is 1. The third kappa shape index (κ3) is 2.90. The van der Waals surface area contributed by atoms with Crippen molar-refractivity contribution < 1.29 is 4.79 Å². The predicted octanol–water partition coefficient (Wildman–Crippen LogP) is 3.69. The van der Waals surface area contributed by atoms with Crippen LogP contribution in [0.5, 0.6) is 0 Å². The van der Waals surface area contributed by atoms with Crippen LogP contribution in [0.2, 0.25) is 0 Å². The molecule has 0 aliphatic carbocycles. The molecule has 3 rings (SSSR count). The van der Waals surface area contributed by atoms with Gasteiger partial charge in [-0.25, -0.2) is 4.98 Å². The van der Waals surface area contributed by atoms with Crippen LogP contribution in [-0.4, -0.2) is 36.3 Å². The van der Waals surface area contributed by atoms with E-state index in [1.54, 1.807) is 16.8 Å². The second kappa shape index (κ2) is 6.05. The van der Waals surface area contributed by atoms with E-state index in [1.165, 1.54) is 16.0 Å². The van der Waals surface area contributed by atoms with Crippen molar-refractivity contribution >= 4 is 38.5 Å². The molecule has 108 valence electrons. The Bertz CT molecular complexity index is 760. The number of thiophene rings is 1. The highest BCUT2D eigenvalue weighted by molar-refractivity contribution is 7.19. The van der Waals surface area contributed by atoms with E-state index in [-0.39, 0.29) is 5.78 Å². The van der Waals surface area contributed by atoms with Gasteiger partial charge in [-0.1, -0.05) is 18.2 Å². The molecule has 0 saturated carbocycles. The summed E-state index contributed by atoms with van der Waals surface area (Å²) in [6.07, 6.45) is 0.886. The molecule has 0 unspecified atom stereocenters. The summed E-state index contributed by atoms with van der Waals surface area (Å²) in [4.78, 5) is 20.3. The van der Waals surface area contributed by atoms with Crippen LogP contribution in [0.1, 0.15) is 20.9 Å². The van der Waals surface area contributed by atoms with E-state index in [2.05, 4.69) is 30.0 Å². The Labute approximate surface area is 131 Å². The predicted molar refractivity (Wildman–Crippen MR) is 89.6 cm³/mol. The van der Waals surface area contributed by atoms with Crippen molar-refractivity contribution in [3.05, 3.63) is 51.3 Å². The largest absolute Gasteiger partial charge is 0.309 e. The molecule has 0 radical (unpaired) electrons. The normalized spacial score (nSPS) is 11.4. The number of thiazole rings is 1. The third-order valence-corrected chi connectivity index (χ3v) is 5.16. The summed E-state index contributed by atoms with van der Waals surface area (Å²) in [6, 6.07) is 8.12. The highest BCUT2D eigenvalue weighted by Gasteiger charge is 2.21. The van der Waals surface area contributed by atoms with Crippen LogP contribution in [0, 0.1) is 0 Å². The summed E-state index contributed by atoms with van der Waals surface area (Å²) < 4.78 is 1.17. The number of rotatable bonds is 5. The number of likely N-dealkylation sites (N-methyl/N-ethyl adjacent to an activating group) is 1. The molecule has 0 aliphatic rings. The molecule has 2 heterocycles. The first kappa shape index (κ1) is 14.4. The van der Waals surface area contributed by atoms with Crippen LogP contribution < -0.4 is 0 Å². The van der Waals surface area contributed by atoms with Gasteiger partial charge in [0.05, 0.1) is 5.51 Å². The van der Waals surface area contributed by atoms with Crippen LogP contribution in [-0.2, 0) is 6.42 Å². The van der Waals surface area contributed by atoms with E-state index in [0.29, 0.717) is 5.69 Å². The first-order valence-corrected chi connectivity index (χ1v) is 8.51. The van der Waals surface area contributed by atoms with E-state index in [4.69, 9.17) is 0 Å². The van der Waals surface area contributed by atoms with Crippen molar-refractivity contribution in [3.63, 3.8) is 0 Å². The SMILES string of the molecule is CN(C)CCc1sc2ccccc2c1C(=O)c1cscn1. The van der Waals surface area contributed by atoms with Crippen molar-refractivity contribution in [2.75, 3.05) is 20.6 Å². The average Bonchev–Trinajstić information content (AvgIpc) is 3.11. The number of ketones is 1. The quantitative estimate of drug-likeness (QED) is 0.673. The molecule has 0 amide bonds. The number of carbonyl (C=O) groups is 1. The molecular formula is C16H16N2OS2. The third-order valence-electron chi connectivity index (χ3n) is 3.35. The summed E-state index contributed by atoms with van der Waals surface area (Å²) in [5, 5.41) is 2.87. The second-order valence-corrected chi connectivity index (χ2v) is 7.01. The van der Waals surface area contributed by atoms with Gasteiger partial charge >= 0.3 is 0 Å². The maximum atomic E-state index is 12.8. The van der Waals surface area contributed by atoms with Gasteiger partial charge in [0.1, 0.15) is 5.69 Å². The Morgan fingerprint density at radius 2 is 2.10 bits per heavy atom. The minimum Gasteiger partial charge on any atom is -0.309 e. The van der Waals surface area contributed by atoms with Gasteiger partial charge in [0, 0.05) is 32.5 Å². The van der Waals surface area contributed by atoms with E-state index in [0.717, 1.165) is 28.8 Å². The van der Waals surface area contributed by atoms with Crippen molar-refractivity contribution in [1.29, 1.82) is 0 Å². The lowest BCUT2D eigenvalue weighted by atomic mass is 10.0. The number of carbonyl (C=O) groups excluding carboxylic acids is 1. The van der Waals surface area contributed by atoms with E-state index >= 15 is 0 Å². The lowest BCUT2D eigenvalue weighted by Crippen LogP contribution is -2.16. The molecule has 0 spiro atoms. The Hall–Kier alpha value is -1.56. The summed E-state index contributed by atoms with van der Waals surface area (Å²) in [5.41, 5.74) is 3.10. The highest BCUT2D eigenvalue weighted by Crippen LogP contribution is 2.33. The molecular weight excluding hydrogens is 300 g/mol. The van der Waals surface area contributed by atoms with Gasteiger partial charge in [0.2, 0.25) is 5.78 Å². The lowest BCUT2D eigenvalue weighted by Gasteiger charge is -2.09. The van der Waals surface area contributed by atoms with Crippen molar-refractivity contribution in [2.24, 2.45) is 0 Å². The summed E-state index contributed by atoms with van der Waals surface area (Å²) >= 11 is 3.18. The summed E-state index contributed by atoms with van der Waals surface area (Å²) in [7, 11) is 4.10. The van der Waals surface area contributed by atoms with Crippen molar-refractivity contribution in [2.45, 2.75) is 6.42 Å². The van der Waals surface area contributed by atoms with Gasteiger partial charge in [0.25, 0.3) is 0 Å². The maximum Gasteiger partial charge on any atom is 0.213 e. The van der Waals surface area contributed by atoms with Gasteiger partial charge in [-0.05, 0) is 26.6 Å². The molecule has 1 aromatic carbocycles. The topological polar surface area (TPSA) is 33.2 Å². The molecule has 0 fully saturated rings. The first-order valence-electron chi connectivity index (χ1n) is 6.75.